The van der Waals surface area contributed by atoms with E-state index in [9.17, 15) is 5.26 Å². The third kappa shape index (κ3) is 9.12. The van der Waals surface area contributed by atoms with Gasteiger partial charge < -0.3 is 9.13 Å². The van der Waals surface area contributed by atoms with Crippen LogP contribution in [-0.4, -0.2) is 39.0 Å². The highest BCUT2D eigenvalue weighted by Crippen LogP contribution is 2.47. The molecule has 4 heterocycles. The second-order valence-corrected chi connectivity index (χ2v) is 20.0. The molecule has 0 saturated carbocycles. The molecule has 14 rings (SSSR count). The molecule has 4 aromatic heterocycles. The van der Waals surface area contributed by atoms with Gasteiger partial charge in [-0.2, -0.15) is 31.6 Å². The highest BCUT2D eigenvalue weighted by molar-refractivity contribution is 6.13. The summed E-state index contributed by atoms with van der Waals surface area (Å²) in [6.45, 7) is 0. The lowest BCUT2D eigenvalue weighted by molar-refractivity contribution is -0.143. The maximum absolute atomic E-state index is 15.1. The molecule has 0 radical (unpaired) electrons. The van der Waals surface area contributed by atoms with E-state index in [0.29, 0.717) is 89.7 Å². The topological polar surface area (TPSA) is 111 Å². The molecule has 0 unspecified atom stereocenters. The van der Waals surface area contributed by atoms with Crippen molar-refractivity contribution in [3.63, 3.8) is 0 Å². The van der Waals surface area contributed by atoms with Crippen molar-refractivity contribution in [2.75, 3.05) is 0 Å². The number of benzene rings is 10. The Bertz CT molecular complexity index is 4520. The van der Waals surface area contributed by atoms with Crippen molar-refractivity contribution < 1.29 is 26.3 Å². The Kier molecular flexibility index (Phi) is 12.3. The van der Waals surface area contributed by atoms with Gasteiger partial charge in [-0.1, -0.05) is 158 Å². The van der Waals surface area contributed by atoms with E-state index in [1.165, 1.54) is 12.1 Å². The third-order valence-electron chi connectivity index (χ3n) is 14.8. The number of aromatic nitrogens is 8. The summed E-state index contributed by atoms with van der Waals surface area (Å²) < 4.78 is 94.4. The summed E-state index contributed by atoms with van der Waals surface area (Å²) in [5.41, 5.74) is 3.38. The normalized spacial score (nSPS) is 11.9. The average Bonchev–Trinajstić information content (AvgIpc) is 1.90. The number of hydrogen-bond acceptors (Lipinski definition) is 7. The van der Waals surface area contributed by atoms with Crippen LogP contribution in [0.4, 0.5) is 26.3 Å². The van der Waals surface area contributed by atoms with Crippen LogP contribution in [0.5, 0.6) is 0 Å². The standard InChI is InChI=1S/C69H39F6N9/c70-68(71,72)49-35-48(36-50(39-49)69(73,74)75)61-59(83-55-27-15-13-25-51(55)53-37-46(29-31-57(53)83)66-79-62(42-17-5-1-6-18-42)77-63(80-66)43-19-7-2-8-20-43)33-41(40-76)34-60(61)84-56-28-16-14-26-52(56)54-38-47(30-32-58(54)84)67-81-64(44-21-9-3-10-22-44)78-65(82-67)45-23-11-4-12-24-45/h1-39H. The molecule has 0 fully saturated rings. The van der Waals surface area contributed by atoms with E-state index in [4.69, 9.17) is 29.9 Å². The van der Waals surface area contributed by atoms with Gasteiger partial charge in [-0.25, -0.2) is 29.9 Å². The molecule has 0 saturated heterocycles. The molecular weight excluding hydrogens is 1070 g/mol. The molecule has 10 aromatic carbocycles. The van der Waals surface area contributed by atoms with Crippen molar-refractivity contribution in [1.29, 1.82) is 5.26 Å². The first-order valence-electron chi connectivity index (χ1n) is 26.5. The highest BCUT2D eigenvalue weighted by Gasteiger charge is 2.38. The Morgan fingerprint density at radius 3 is 0.940 bits per heavy atom. The number of rotatable bonds is 9. The summed E-state index contributed by atoms with van der Waals surface area (Å²) in [6, 6.07) is 70.7. The molecule has 402 valence electrons. The highest BCUT2D eigenvalue weighted by atomic mass is 19.4. The van der Waals surface area contributed by atoms with E-state index in [1.807, 2.05) is 194 Å². The zero-order valence-corrected chi connectivity index (χ0v) is 43.8. The molecule has 0 atom stereocenters. The first-order chi connectivity index (χ1) is 40.8. The van der Waals surface area contributed by atoms with Crippen LogP contribution in [0.2, 0.25) is 0 Å². The fraction of sp³-hybridized carbons (Fsp3) is 0.0290. The SMILES string of the molecule is N#Cc1cc(-n2c3ccccc3c3cc(-c4nc(-c5ccccc5)nc(-c5ccccc5)n4)ccc32)c(-c2cc(C(F)(F)F)cc(C(F)(F)F)c2)c(-n2c3ccccc3c3cc(-c4nc(-c5ccccc5)nc(-c5ccccc5)n4)ccc32)c1. The molecule has 0 amide bonds. The maximum Gasteiger partial charge on any atom is 0.416 e. The zero-order valence-electron chi connectivity index (χ0n) is 43.8. The van der Waals surface area contributed by atoms with Crippen molar-refractivity contribution in [2.45, 2.75) is 12.4 Å². The first-order valence-corrected chi connectivity index (χ1v) is 26.5. The number of para-hydroxylation sites is 2. The average molecular weight is 1110 g/mol. The van der Waals surface area contributed by atoms with Crippen molar-refractivity contribution in [2.24, 2.45) is 0 Å². The lowest BCUT2D eigenvalue weighted by Gasteiger charge is -2.22. The van der Waals surface area contributed by atoms with Crippen molar-refractivity contribution >= 4 is 43.6 Å². The summed E-state index contributed by atoms with van der Waals surface area (Å²) in [5.74, 6) is 2.47. The minimum Gasteiger partial charge on any atom is -0.308 e. The number of fused-ring (bicyclic) bond motifs is 6. The quantitative estimate of drug-likeness (QED) is 0.132. The Labute approximate surface area is 474 Å². The van der Waals surface area contributed by atoms with Gasteiger partial charge in [0.05, 0.1) is 56.2 Å². The molecule has 9 nitrogen and oxygen atoms in total. The van der Waals surface area contributed by atoms with Gasteiger partial charge in [0.15, 0.2) is 34.9 Å². The van der Waals surface area contributed by atoms with Crippen LogP contribution in [0.25, 0.3) is 134 Å². The number of nitrogens with zero attached hydrogens (tertiary/aromatic N) is 9. The Balaban J connectivity index is 1.04. The van der Waals surface area contributed by atoms with E-state index in [2.05, 4.69) is 6.07 Å². The third-order valence-corrected chi connectivity index (χ3v) is 14.8. The molecule has 14 aromatic rings. The summed E-state index contributed by atoms with van der Waals surface area (Å²) in [7, 11) is 0. The van der Waals surface area contributed by atoms with Gasteiger partial charge in [-0.05, 0) is 84.4 Å². The number of halogens is 6. The smallest absolute Gasteiger partial charge is 0.308 e. The van der Waals surface area contributed by atoms with Crippen molar-refractivity contribution in [3.8, 4) is 96.9 Å². The van der Waals surface area contributed by atoms with Gasteiger partial charge >= 0.3 is 12.4 Å². The molecule has 0 spiro atoms. The molecule has 0 aliphatic heterocycles. The Morgan fingerprint density at radius 2 is 0.607 bits per heavy atom. The monoisotopic (exact) mass is 1110 g/mol. The number of nitriles is 1. The molecule has 0 aliphatic carbocycles. The maximum atomic E-state index is 15.1. The predicted molar refractivity (Wildman–Crippen MR) is 315 cm³/mol. The molecule has 0 aliphatic rings. The molecule has 0 bridgehead atoms. The molecule has 15 heteroatoms. The molecule has 0 N–H and O–H groups in total. The van der Waals surface area contributed by atoms with Gasteiger partial charge in [-0.3, -0.25) is 0 Å². The van der Waals surface area contributed by atoms with Crippen molar-refractivity contribution in [1.82, 2.24) is 39.0 Å². The predicted octanol–water partition coefficient (Wildman–Crippen LogP) is 17.8. The van der Waals surface area contributed by atoms with E-state index in [-0.39, 0.29) is 28.6 Å². The fourth-order valence-corrected chi connectivity index (χ4v) is 11.0. The van der Waals surface area contributed by atoms with Crippen LogP contribution in [0.1, 0.15) is 16.7 Å². The van der Waals surface area contributed by atoms with E-state index in [0.717, 1.165) is 34.4 Å². The lowest BCUT2D eigenvalue weighted by Crippen LogP contribution is -2.12. The summed E-state index contributed by atoms with van der Waals surface area (Å²) in [6.07, 6.45) is -10.4. The van der Waals surface area contributed by atoms with E-state index < -0.39 is 29.0 Å². The molecule has 84 heavy (non-hydrogen) atoms. The second-order valence-electron chi connectivity index (χ2n) is 20.0. The molecular formula is C69H39F6N9. The van der Waals surface area contributed by atoms with Gasteiger partial charge in [0.1, 0.15) is 0 Å². The second kappa shape index (κ2) is 20.2. The lowest BCUT2D eigenvalue weighted by atomic mass is 9.94. The van der Waals surface area contributed by atoms with Gasteiger partial charge in [0, 0.05) is 60.5 Å². The van der Waals surface area contributed by atoms with Crippen LogP contribution in [0, 0.1) is 11.3 Å². The zero-order chi connectivity index (χ0) is 57.3. The summed E-state index contributed by atoms with van der Waals surface area (Å²) >= 11 is 0. The van der Waals surface area contributed by atoms with Crippen molar-refractivity contribution in [3.05, 3.63) is 253 Å². The van der Waals surface area contributed by atoms with Crippen LogP contribution in [0.15, 0.2) is 237 Å². The summed E-state index contributed by atoms with van der Waals surface area (Å²) in [4.78, 5) is 29.6. The first kappa shape index (κ1) is 51.1. The largest absolute Gasteiger partial charge is 0.416 e. The fourth-order valence-electron chi connectivity index (χ4n) is 11.0. The van der Waals surface area contributed by atoms with Crippen LogP contribution in [-0.2, 0) is 12.4 Å². The van der Waals surface area contributed by atoms with Crippen LogP contribution in [0.3, 0.4) is 0 Å². The van der Waals surface area contributed by atoms with E-state index in [1.54, 1.807) is 21.3 Å². The number of hydrogen-bond donors (Lipinski definition) is 0. The minimum absolute atomic E-state index is 0.0148. The number of alkyl halides is 6. The van der Waals surface area contributed by atoms with Gasteiger partial charge in [0.2, 0.25) is 0 Å². The minimum atomic E-state index is -5.19. The Hall–Kier alpha value is -11.1. The van der Waals surface area contributed by atoms with Crippen LogP contribution < -0.4 is 0 Å². The van der Waals surface area contributed by atoms with Gasteiger partial charge in [-0.15, -0.1) is 0 Å². The van der Waals surface area contributed by atoms with Crippen LogP contribution >= 0.6 is 0 Å². The van der Waals surface area contributed by atoms with E-state index >= 15 is 26.3 Å². The Morgan fingerprint density at radius 1 is 0.298 bits per heavy atom. The summed E-state index contributed by atoms with van der Waals surface area (Å²) in [5, 5.41) is 13.7. The van der Waals surface area contributed by atoms with Gasteiger partial charge in [0.25, 0.3) is 0 Å².